The molecular weight excluding hydrogens is 846 g/mol. The summed E-state index contributed by atoms with van der Waals surface area (Å²) in [6.45, 7) is 22.6. The molecule has 0 aliphatic carbocycles. The van der Waals surface area contributed by atoms with E-state index in [1.165, 1.54) is 56.3 Å². The van der Waals surface area contributed by atoms with Crippen LogP contribution in [0.5, 0.6) is 0 Å². The fraction of sp³-hybridized carbons (Fsp3) is 0.200. The summed E-state index contributed by atoms with van der Waals surface area (Å²) in [6, 6.07) is 16.3. The first-order valence-electron chi connectivity index (χ1n) is 17.1. The van der Waals surface area contributed by atoms with Gasteiger partial charge in [-0.1, -0.05) is 36.4 Å². The maximum Gasteiger partial charge on any atom is 0.407 e. The lowest BCUT2D eigenvalue weighted by Crippen LogP contribution is -2.52. The summed E-state index contributed by atoms with van der Waals surface area (Å²) in [4.78, 5) is 54.6. The van der Waals surface area contributed by atoms with Crippen LogP contribution in [0.4, 0.5) is 54.8 Å². The normalized spacial score (nSPS) is 12.2. The summed E-state index contributed by atoms with van der Waals surface area (Å²) >= 11 is 0. The number of carbonyl (C=O) groups excluding carboxylic acids is 3. The van der Waals surface area contributed by atoms with Crippen molar-refractivity contribution in [1.29, 1.82) is 5.26 Å². The molecule has 12 N–H and O–H groups in total. The maximum absolute atomic E-state index is 13.1. The number of aliphatic hydroxyl groups excluding tert-OH is 2. The van der Waals surface area contributed by atoms with Gasteiger partial charge in [0, 0.05) is 22.5 Å². The van der Waals surface area contributed by atoms with E-state index in [9.17, 15) is 55.7 Å². The fourth-order valence-corrected chi connectivity index (χ4v) is 4.72. The van der Waals surface area contributed by atoms with Crippen LogP contribution in [0.2, 0.25) is 0 Å². The van der Waals surface area contributed by atoms with E-state index < -0.39 is 82.8 Å². The molecule has 0 saturated heterocycles. The van der Waals surface area contributed by atoms with Gasteiger partial charge in [0.15, 0.2) is 23.1 Å². The average Bonchev–Trinajstić information content (AvgIpc) is 3.23. The van der Waals surface area contributed by atoms with Gasteiger partial charge in [-0.25, -0.2) is 19.3 Å². The molecule has 0 spiro atoms. The van der Waals surface area contributed by atoms with E-state index in [2.05, 4.69) is 36.0 Å². The van der Waals surface area contributed by atoms with Crippen LogP contribution >= 0.6 is 0 Å². The van der Waals surface area contributed by atoms with Gasteiger partial charge in [-0.2, -0.15) is 31.6 Å². The molecule has 0 heterocycles. The highest BCUT2D eigenvalue weighted by molar-refractivity contribution is 5.96. The lowest BCUT2D eigenvalue weighted by atomic mass is 10.1. The summed E-state index contributed by atoms with van der Waals surface area (Å²) in [5.74, 6) is -3.49. The van der Waals surface area contributed by atoms with Gasteiger partial charge in [-0.05, 0) is 62.4 Å². The van der Waals surface area contributed by atoms with Crippen LogP contribution in [-0.2, 0) is 21.9 Å². The van der Waals surface area contributed by atoms with Gasteiger partial charge in [-0.3, -0.25) is 25.2 Å². The van der Waals surface area contributed by atoms with Gasteiger partial charge < -0.3 is 37.8 Å². The van der Waals surface area contributed by atoms with E-state index in [4.69, 9.17) is 35.8 Å². The van der Waals surface area contributed by atoms with Gasteiger partial charge in [0.05, 0.1) is 54.7 Å². The minimum atomic E-state index is -4.78. The van der Waals surface area contributed by atoms with Crippen molar-refractivity contribution in [2.45, 2.75) is 50.5 Å². The molecule has 4 rings (SSSR count). The van der Waals surface area contributed by atoms with Crippen molar-refractivity contribution in [1.82, 2.24) is 17.0 Å². The van der Waals surface area contributed by atoms with Crippen molar-refractivity contribution in [3.8, 4) is 6.07 Å². The maximum atomic E-state index is 13.1. The molecule has 0 aromatic heterocycles. The molecule has 4 atom stereocenters. The first-order valence-corrected chi connectivity index (χ1v) is 17.1. The Morgan fingerprint density at radius 3 is 1.46 bits per heavy atom. The van der Waals surface area contributed by atoms with Crippen LogP contribution in [0.3, 0.4) is 0 Å². The van der Waals surface area contributed by atoms with E-state index in [0.717, 1.165) is 18.2 Å². The number of nitriles is 1. The lowest BCUT2D eigenvalue weighted by Gasteiger charge is -2.23. The molecule has 330 valence electrons. The number of benzene rings is 4. The Bertz CT molecular complexity index is 2420. The van der Waals surface area contributed by atoms with Gasteiger partial charge in [0.25, 0.3) is 11.8 Å². The summed E-state index contributed by atoms with van der Waals surface area (Å²) in [5, 5.41) is 41.5. The molecule has 4 aromatic rings. The third kappa shape index (κ3) is 16.1. The number of carbonyl (C=O) groups is 4. The molecule has 0 aliphatic heterocycles. The van der Waals surface area contributed by atoms with Crippen LogP contribution in [0.1, 0.15) is 51.3 Å². The largest absolute Gasteiger partial charge is 0.480 e. The van der Waals surface area contributed by atoms with Crippen molar-refractivity contribution in [2.75, 3.05) is 10.6 Å². The number of hydrazine groups is 1. The Hall–Kier alpha value is -8.22. The van der Waals surface area contributed by atoms with Crippen LogP contribution in [0.15, 0.2) is 84.9 Å². The van der Waals surface area contributed by atoms with Crippen molar-refractivity contribution in [3.63, 3.8) is 0 Å². The standard InChI is InChI=1S/C20H16F3N5O3.C12H11F3N2O3.C8H6N2O.H3N/c1-11(29)17(26-14-7-8-16(25-2)15(9-14)20(21,22)23)19(31)28-27-18(30)13-5-3-12(10-24)4-6-13;1-6(18)10(11(19)20)17-7-3-4-9(16-2)8(5-7)12(13,14)15;1-10-7-4-2-6(3-5-7)8(9)11;/h3-9,11,17,26,29H,1H3,(H,27,30)(H,28,31);3-6,10,17-18H,1H3,(H,19,20);2-5H,(H2,9,11);1H3/t11-,17+;6-,10+;;/m00../s1. The molecule has 0 bridgehead atoms. The SMILES string of the molecule is N.[C-]#[N+]c1ccc(C(N)=O)cc1.[C-]#[N+]c1ccc(N[C@@H](C(=O)NNC(=O)c2ccc(C#N)cc2)[C@H](C)O)cc1C(F)(F)F.[C-]#[N+]c1ccc(N[C@@H](C(=O)O)[C@H](C)O)cc1C(F)(F)F. The number of carboxylic acids is 1. The van der Waals surface area contributed by atoms with Crippen LogP contribution in [0, 0.1) is 31.0 Å². The number of aliphatic hydroxyl groups is 2. The number of alkyl halides is 6. The summed E-state index contributed by atoms with van der Waals surface area (Å²) in [7, 11) is 0. The molecular formula is C40H36F6N10O7. The number of halogens is 6. The number of rotatable bonds is 10. The second-order valence-corrected chi connectivity index (χ2v) is 12.4. The highest BCUT2D eigenvalue weighted by Gasteiger charge is 2.35. The Labute approximate surface area is 354 Å². The van der Waals surface area contributed by atoms with Crippen molar-refractivity contribution < 1.29 is 60.8 Å². The third-order valence-electron chi connectivity index (χ3n) is 7.86. The second-order valence-electron chi connectivity index (χ2n) is 12.4. The van der Waals surface area contributed by atoms with E-state index >= 15 is 0 Å². The number of carboxylic acid groups (broad SMARTS) is 1. The number of amides is 3. The van der Waals surface area contributed by atoms with Crippen LogP contribution < -0.4 is 33.4 Å². The summed E-state index contributed by atoms with van der Waals surface area (Å²) < 4.78 is 77.6. The lowest BCUT2D eigenvalue weighted by molar-refractivity contribution is -0.140. The number of nitrogens with zero attached hydrogens (tertiary/aromatic N) is 4. The molecule has 23 heteroatoms. The Kier molecular flexibility index (Phi) is 19.7. The molecule has 0 radical (unpaired) electrons. The van der Waals surface area contributed by atoms with Crippen LogP contribution in [0.25, 0.3) is 14.5 Å². The van der Waals surface area contributed by atoms with E-state index in [1.54, 1.807) is 12.1 Å². The number of hydrogen-bond acceptors (Lipinski definition) is 10. The number of anilines is 2. The molecule has 0 unspecified atom stereocenters. The monoisotopic (exact) mass is 882 g/mol. The van der Waals surface area contributed by atoms with Gasteiger partial charge in [0.1, 0.15) is 6.04 Å². The first kappa shape index (κ1) is 52.8. The first-order chi connectivity index (χ1) is 29.0. The highest BCUT2D eigenvalue weighted by Crippen LogP contribution is 2.39. The van der Waals surface area contributed by atoms with E-state index in [-0.39, 0.29) is 23.1 Å². The van der Waals surface area contributed by atoms with Crippen LogP contribution in [-0.4, -0.2) is 63.3 Å². The smallest absolute Gasteiger partial charge is 0.407 e. The van der Waals surface area contributed by atoms with Gasteiger partial charge >= 0.3 is 18.3 Å². The predicted molar refractivity (Wildman–Crippen MR) is 214 cm³/mol. The zero-order valence-corrected chi connectivity index (χ0v) is 32.7. The number of nitrogens with one attached hydrogen (secondary N) is 4. The zero-order valence-electron chi connectivity index (χ0n) is 32.7. The van der Waals surface area contributed by atoms with Crippen molar-refractivity contribution in [2.24, 2.45) is 5.73 Å². The van der Waals surface area contributed by atoms with Crippen molar-refractivity contribution >= 4 is 52.1 Å². The van der Waals surface area contributed by atoms with E-state index in [1.807, 2.05) is 6.07 Å². The molecule has 0 aliphatic rings. The third-order valence-corrected chi connectivity index (χ3v) is 7.86. The zero-order chi connectivity index (χ0) is 46.9. The minimum Gasteiger partial charge on any atom is -0.480 e. The molecule has 4 aromatic carbocycles. The molecule has 0 saturated carbocycles. The van der Waals surface area contributed by atoms with Crippen molar-refractivity contribution in [3.05, 3.63) is 147 Å². The summed E-state index contributed by atoms with van der Waals surface area (Å²) in [5.41, 5.74) is 6.78. The molecule has 0 fully saturated rings. The quantitative estimate of drug-likeness (QED) is 0.0456. The number of hydrogen-bond donors (Lipinski definition) is 9. The number of primary amides is 1. The Morgan fingerprint density at radius 2 is 1.11 bits per heavy atom. The van der Waals surface area contributed by atoms with Gasteiger partial charge in [-0.15, -0.1) is 0 Å². The minimum absolute atomic E-state index is 0. The van der Waals surface area contributed by atoms with E-state index in [0.29, 0.717) is 28.9 Å². The topological polar surface area (TPSA) is 275 Å². The number of aliphatic carboxylic acids is 1. The summed E-state index contributed by atoms with van der Waals surface area (Å²) in [6.07, 6.45) is -12.2. The number of nitrogens with two attached hydrogens (primary N) is 1. The second kappa shape index (κ2) is 23.5. The predicted octanol–water partition coefficient (Wildman–Crippen LogP) is 6.75. The van der Waals surface area contributed by atoms with Gasteiger partial charge in [0.2, 0.25) is 5.91 Å². The molecule has 3 amide bonds. The average molecular weight is 883 g/mol. The Morgan fingerprint density at radius 1 is 0.683 bits per heavy atom. The molecule has 17 nitrogen and oxygen atoms in total. The Balaban J connectivity index is 0.000000528. The molecule has 63 heavy (non-hydrogen) atoms. The fourth-order valence-electron chi connectivity index (χ4n) is 4.72. The highest BCUT2D eigenvalue weighted by atomic mass is 19.4.